The van der Waals surface area contributed by atoms with Gasteiger partial charge >= 0.3 is 0 Å². The first-order chi connectivity index (χ1) is 10.5. The van der Waals surface area contributed by atoms with Gasteiger partial charge in [0.05, 0.1) is 23.6 Å². The summed E-state index contributed by atoms with van der Waals surface area (Å²) in [5, 5.41) is 3.00. The largest absolute Gasteiger partial charge is 0.397 e. The molecule has 0 saturated carbocycles. The molecule has 0 spiro atoms. The van der Waals surface area contributed by atoms with Gasteiger partial charge in [-0.05, 0) is 18.2 Å². The summed E-state index contributed by atoms with van der Waals surface area (Å²) in [6.07, 6.45) is 1.29. The van der Waals surface area contributed by atoms with E-state index in [0.717, 1.165) is 0 Å². The molecule has 1 heterocycles. The SMILES string of the molecule is C=CC(=O)N1CCN(C(=O)CNc2cccc(N)c2N)CC1. The molecule has 7 nitrogen and oxygen atoms in total. The zero-order chi connectivity index (χ0) is 16.1. The van der Waals surface area contributed by atoms with E-state index in [2.05, 4.69) is 11.9 Å². The topological polar surface area (TPSA) is 105 Å². The predicted octanol–water partition coefficient (Wildman–Crippen LogP) is 0.120. The number of amides is 2. The predicted molar refractivity (Wildman–Crippen MR) is 87.1 cm³/mol. The van der Waals surface area contributed by atoms with E-state index in [1.165, 1.54) is 6.08 Å². The Hall–Kier alpha value is -2.70. The van der Waals surface area contributed by atoms with Crippen LogP contribution in [-0.4, -0.2) is 54.3 Å². The standard InChI is InChI=1S/C15H21N5O2/c1-2-13(21)19-6-8-20(9-7-19)14(22)10-18-12-5-3-4-11(16)15(12)17/h2-5,18H,1,6-10,16-17H2. The van der Waals surface area contributed by atoms with Crippen molar-refractivity contribution >= 4 is 28.9 Å². The zero-order valence-electron chi connectivity index (χ0n) is 12.4. The highest BCUT2D eigenvalue weighted by atomic mass is 16.2. The van der Waals surface area contributed by atoms with E-state index >= 15 is 0 Å². The Morgan fingerprint density at radius 3 is 2.45 bits per heavy atom. The maximum Gasteiger partial charge on any atom is 0.246 e. The average molecular weight is 303 g/mol. The monoisotopic (exact) mass is 303 g/mol. The van der Waals surface area contributed by atoms with Crippen LogP contribution in [0.5, 0.6) is 0 Å². The van der Waals surface area contributed by atoms with Crippen molar-refractivity contribution < 1.29 is 9.59 Å². The van der Waals surface area contributed by atoms with Gasteiger partial charge in [-0.25, -0.2) is 0 Å². The number of rotatable bonds is 4. The minimum Gasteiger partial charge on any atom is -0.397 e. The molecule has 5 N–H and O–H groups in total. The first kappa shape index (κ1) is 15.7. The molecule has 7 heteroatoms. The van der Waals surface area contributed by atoms with Gasteiger partial charge < -0.3 is 26.6 Å². The molecule has 2 rings (SSSR count). The Morgan fingerprint density at radius 1 is 1.18 bits per heavy atom. The van der Waals surface area contributed by atoms with Crippen LogP contribution in [0.1, 0.15) is 0 Å². The van der Waals surface area contributed by atoms with Gasteiger partial charge in [0.25, 0.3) is 0 Å². The van der Waals surface area contributed by atoms with Crippen LogP contribution in [0, 0.1) is 0 Å². The Morgan fingerprint density at radius 2 is 1.82 bits per heavy atom. The molecular formula is C15H21N5O2. The number of hydrogen-bond donors (Lipinski definition) is 3. The highest BCUT2D eigenvalue weighted by Crippen LogP contribution is 2.24. The first-order valence-electron chi connectivity index (χ1n) is 7.10. The number of hydrogen-bond acceptors (Lipinski definition) is 5. The van der Waals surface area contributed by atoms with Crippen molar-refractivity contribution in [3.8, 4) is 0 Å². The summed E-state index contributed by atoms with van der Waals surface area (Å²) < 4.78 is 0. The van der Waals surface area contributed by atoms with Crippen LogP contribution < -0.4 is 16.8 Å². The van der Waals surface area contributed by atoms with E-state index in [-0.39, 0.29) is 18.4 Å². The molecule has 1 saturated heterocycles. The van der Waals surface area contributed by atoms with E-state index in [1.807, 2.05) is 0 Å². The Bertz CT molecular complexity index is 579. The molecule has 0 unspecified atom stereocenters. The molecule has 0 atom stereocenters. The molecule has 0 radical (unpaired) electrons. The molecule has 1 aliphatic heterocycles. The average Bonchev–Trinajstić information content (AvgIpc) is 2.55. The van der Waals surface area contributed by atoms with Gasteiger partial charge in [0, 0.05) is 26.2 Å². The Kier molecular flexibility index (Phi) is 4.88. The fourth-order valence-corrected chi connectivity index (χ4v) is 2.33. The fraction of sp³-hybridized carbons (Fsp3) is 0.333. The molecule has 118 valence electrons. The molecule has 0 aromatic heterocycles. The summed E-state index contributed by atoms with van der Waals surface area (Å²) in [6, 6.07) is 5.26. The van der Waals surface area contributed by atoms with Crippen LogP contribution in [0.15, 0.2) is 30.9 Å². The molecule has 2 amide bonds. The molecule has 1 aromatic carbocycles. The molecule has 0 bridgehead atoms. The number of anilines is 3. The molecule has 1 aliphatic rings. The maximum atomic E-state index is 12.2. The lowest BCUT2D eigenvalue weighted by Crippen LogP contribution is -2.51. The van der Waals surface area contributed by atoms with Gasteiger partial charge in [0.1, 0.15) is 0 Å². The number of carbonyl (C=O) groups is 2. The van der Waals surface area contributed by atoms with Crippen molar-refractivity contribution in [2.24, 2.45) is 0 Å². The third-order valence-corrected chi connectivity index (χ3v) is 3.69. The summed E-state index contributed by atoms with van der Waals surface area (Å²) in [6.45, 7) is 5.70. The van der Waals surface area contributed by atoms with Gasteiger partial charge in [0.15, 0.2) is 0 Å². The zero-order valence-corrected chi connectivity index (χ0v) is 12.4. The molecule has 1 fully saturated rings. The van der Waals surface area contributed by atoms with E-state index in [1.54, 1.807) is 28.0 Å². The lowest BCUT2D eigenvalue weighted by Gasteiger charge is -2.34. The van der Waals surface area contributed by atoms with Crippen LogP contribution in [-0.2, 0) is 9.59 Å². The van der Waals surface area contributed by atoms with Gasteiger partial charge in [-0.1, -0.05) is 12.6 Å². The third kappa shape index (κ3) is 3.49. The molecular weight excluding hydrogens is 282 g/mol. The van der Waals surface area contributed by atoms with Gasteiger partial charge in [-0.3, -0.25) is 9.59 Å². The van der Waals surface area contributed by atoms with Crippen molar-refractivity contribution in [3.05, 3.63) is 30.9 Å². The highest BCUT2D eigenvalue weighted by Gasteiger charge is 2.22. The highest BCUT2D eigenvalue weighted by molar-refractivity contribution is 5.88. The van der Waals surface area contributed by atoms with Crippen molar-refractivity contribution in [1.29, 1.82) is 0 Å². The maximum absolute atomic E-state index is 12.2. The van der Waals surface area contributed by atoms with E-state index in [4.69, 9.17) is 11.5 Å². The summed E-state index contributed by atoms with van der Waals surface area (Å²) >= 11 is 0. The Balaban J connectivity index is 1.85. The number of nitrogens with one attached hydrogen (secondary N) is 1. The van der Waals surface area contributed by atoms with Crippen molar-refractivity contribution in [2.45, 2.75) is 0 Å². The molecule has 1 aromatic rings. The smallest absolute Gasteiger partial charge is 0.246 e. The van der Waals surface area contributed by atoms with Gasteiger partial charge in [0.2, 0.25) is 11.8 Å². The van der Waals surface area contributed by atoms with Crippen LogP contribution in [0.3, 0.4) is 0 Å². The second kappa shape index (κ2) is 6.84. The van der Waals surface area contributed by atoms with Crippen LogP contribution in [0.25, 0.3) is 0 Å². The van der Waals surface area contributed by atoms with E-state index < -0.39 is 0 Å². The fourth-order valence-electron chi connectivity index (χ4n) is 2.33. The summed E-state index contributed by atoms with van der Waals surface area (Å²) in [4.78, 5) is 27.1. The number of para-hydroxylation sites is 1. The van der Waals surface area contributed by atoms with E-state index in [0.29, 0.717) is 43.2 Å². The normalized spacial score (nSPS) is 14.5. The summed E-state index contributed by atoms with van der Waals surface area (Å²) in [7, 11) is 0. The minimum atomic E-state index is -0.0993. The second-order valence-corrected chi connectivity index (χ2v) is 5.07. The number of benzene rings is 1. The summed E-state index contributed by atoms with van der Waals surface area (Å²) in [5.41, 5.74) is 13.1. The van der Waals surface area contributed by atoms with Crippen molar-refractivity contribution in [3.63, 3.8) is 0 Å². The van der Waals surface area contributed by atoms with Crippen LogP contribution >= 0.6 is 0 Å². The number of nitrogens with two attached hydrogens (primary N) is 2. The van der Waals surface area contributed by atoms with Crippen molar-refractivity contribution in [1.82, 2.24) is 9.80 Å². The molecule has 22 heavy (non-hydrogen) atoms. The summed E-state index contributed by atoms with van der Waals surface area (Å²) in [5.74, 6) is -0.134. The third-order valence-electron chi connectivity index (χ3n) is 3.69. The number of nitrogens with zero attached hydrogens (tertiary/aromatic N) is 2. The number of piperazine rings is 1. The van der Waals surface area contributed by atoms with Crippen molar-refractivity contribution in [2.75, 3.05) is 49.5 Å². The lowest BCUT2D eigenvalue weighted by molar-refractivity contribution is -0.135. The van der Waals surface area contributed by atoms with E-state index in [9.17, 15) is 9.59 Å². The molecule has 0 aliphatic carbocycles. The van der Waals surface area contributed by atoms with Gasteiger partial charge in [-0.15, -0.1) is 0 Å². The number of nitrogen functional groups attached to an aromatic ring is 2. The van der Waals surface area contributed by atoms with Crippen LogP contribution in [0.2, 0.25) is 0 Å². The Labute approximate surface area is 129 Å². The quantitative estimate of drug-likeness (QED) is 0.541. The lowest BCUT2D eigenvalue weighted by atomic mass is 10.2. The second-order valence-electron chi connectivity index (χ2n) is 5.07. The van der Waals surface area contributed by atoms with Gasteiger partial charge in [-0.2, -0.15) is 0 Å². The first-order valence-corrected chi connectivity index (χ1v) is 7.10. The van der Waals surface area contributed by atoms with Crippen LogP contribution in [0.4, 0.5) is 17.1 Å². The number of carbonyl (C=O) groups excluding carboxylic acids is 2. The minimum absolute atomic E-state index is 0.0347.